The molecular weight excluding hydrogens is 208 g/mol. The Balaban J connectivity index is 2.12. The van der Waals surface area contributed by atoms with Crippen LogP contribution in [0, 0.1) is 6.92 Å². The van der Waals surface area contributed by atoms with Gasteiger partial charge in [0.1, 0.15) is 5.82 Å². The molecule has 17 heavy (non-hydrogen) atoms. The normalized spacial score (nSPS) is 13.6. The van der Waals surface area contributed by atoms with E-state index in [1.807, 2.05) is 12.3 Å². The molecule has 1 aromatic heterocycles. The van der Waals surface area contributed by atoms with Crippen molar-refractivity contribution in [3.63, 3.8) is 0 Å². The average Bonchev–Trinajstić information content (AvgIpc) is 2.39. The van der Waals surface area contributed by atoms with E-state index in [0.29, 0.717) is 0 Å². The Labute approximate surface area is 101 Å². The zero-order valence-corrected chi connectivity index (χ0v) is 9.80. The molecule has 0 N–H and O–H groups in total. The van der Waals surface area contributed by atoms with Crippen molar-refractivity contribution in [2.24, 2.45) is 0 Å². The number of para-hydroxylation sites is 1. The van der Waals surface area contributed by atoms with Crippen molar-refractivity contribution in [1.82, 2.24) is 4.98 Å². The zero-order chi connectivity index (χ0) is 11.7. The number of fused-ring (bicyclic) bond motifs is 1. The molecule has 1 aliphatic heterocycles. The van der Waals surface area contributed by atoms with Crippen LogP contribution in [0.25, 0.3) is 6.08 Å². The summed E-state index contributed by atoms with van der Waals surface area (Å²) in [4.78, 5) is 6.75. The number of hydrogen-bond acceptors (Lipinski definition) is 2. The van der Waals surface area contributed by atoms with Gasteiger partial charge < -0.3 is 4.90 Å². The Bertz CT molecular complexity index is 573. The predicted molar refractivity (Wildman–Crippen MR) is 71.5 cm³/mol. The van der Waals surface area contributed by atoms with Gasteiger partial charge in [-0.2, -0.15) is 0 Å². The fourth-order valence-corrected chi connectivity index (χ4v) is 2.22. The number of pyridine rings is 1. The monoisotopic (exact) mass is 222 g/mol. The summed E-state index contributed by atoms with van der Waals surface area (Å²) in [6, 6.07) is 12.5. The highest BCUT2D eigenvalue weighted by molar-refractivity contribution is 5.77. The quantitative estimate of drug-likeness (QED) is 0.733. The third kappa shape index (κ3) is 1.72. The second-order valence-corrected chi connectivity index (χ2v) is 4.22. The lowest BCUT2D eigenvalue weighted by atomic mass is 10.1. The van der Waals surface area contributed by atoms with Crippen LogP contribution in [0.5, 0.6) is 0 Å². The van der Waals surface area contributed by atoms with Crippen molar-refractivity contribution < 1.29 is 0 Å². The van der Waals surface area contributed by atoms with Gasteiger partial charge >= 0.3 is 0 Å². The summed E-state index contributed by atoms with van der Waals surface area (Å²) in [5.74, 6) is 1.05. The molecule has 2 aromatic rings. The molecule has 1 aliphatic rings. The van der Waals surface area contributed by atoms with Crippen LogP contribution in [0.2, 0.25) is 0 Å². The van der Waals surface area contributed by atoms with E-state index in [-0.39, 0.29) is 0 Å². The number of aryl methyl sites for hydroxylation is 1. The lowest BCUT2D eigenvalue weighted by Crippen LogP contribution is -2.22. The van der Waals surface area contributed by atoms with Crippen molar-refractivity contribution in [3.05, 3.63) is 59.8 Å². The van der Waals surface area contributed by atoms with E-state index in [1.165, 1.54) is 16.8 Å². The topological polar surface area (TPSA) is 16.1 Å². The molecule has 0 unspecified atom stereocenters. The highest BCUT2D eigenvalue weighted by Gasteiger charge is 2.16. The number of hydrogen-bond donors (Lipinski definition) is 0. The maximum atomic E-state index is 4.49. The summed E-state index contributed by atoms with van der Waals surface area (Å²) in [5, 5.41) is 0. The zero-order valence-electron chi connectivity index (χ0n) is 9.80. The minimum Gasteiger partial charge on any atom is -0.322 e. The van der Waals surface area contributed by atoms with Crippen LogP contribution in [0.4, 0.5) is 11.5 Å². The molecule has 0 fully saturated rings. The summed E-state index contributed by atoms with van der Waals surface area (Å²) in [6.07, 6.45) is 6.20. The Morgan fingerprint density at radius 3 is 2.88 bits per heavy atom. The van der Waals surface area contributed by atoms with Crippen LogP contribution in [0.1, 0.15) is 11.1 Å². The second kappa shape index (κ2) is 4.06. The Kier molecular flexibility index (Phi) is 2.41. The minimum atomic E-state index is 0.884. The fraction of sp³-hybridized carbons (Fsp3) is 0.133. The smallest absolute Gasteiger partial charge is 0.136 e. The second-order valence-electron chi connectivity index (χ2n) is 4.22. The van der Waals surface area contributed by atoms with E-state index < -0.39 is 0 Å². The summed E-state index contributed by atoms with van der Waals surface area (Å²) < 4.78 is 0. The summed E-state index contributed by atoms with van der Waals surface area (Å²) in [7, 11) is 0. The lowest BCUT2D eigenvalue weighted by molar-refractivity contribution is 1.02. The van der Waals surface area contributed by atoms with E-state index in [9.17, 15) is 0 Å². The first-order chi connectivity index (χ1) is 8.36. The van der Waals surface area contributed by atoms with Crippen molar-refractivity contribution >= 4 is 17.6 Å². The molecule has 0 saturated carbocycles. The Hall–Kier alpha value is -2.09. The van der Waals surface area contributed by atoms with Gasteiger partial charge in [0, 0.05) is 18.4 Å². The molecule has 2 nitrogen and oxygen atoms in total. The van der Waals surface area contributed by atoms with Gasteiger partial charge in [0.05, 0.1) is 0 Å². The largest absolute Gasteiger partial charge is 0.322 e. The van der Waals surface area contributed by atoms with Gasteiger partial charge in [-0.1, -0.05) is 36.4 Å². The maximum absolute atomic E-state index is 4.49. The molecule has 2 heteroatoms. The molecule has 84 valence electrons. The highest BCUT2D eigenvalue weighted by Crippen LogP contribution is 2.32. The molecule has 0 aliphatic carbocycles. The number of anilines is 2. The van der Waals surface area contributed by atoms with Crippen LogP contribution < -0.4 is 4.90 Å². The van der Waals surface area contributed by atoms with E-state index >= 15 is 0 Å². The van der Waals surface area contributed by atoms with Crippen molar-refractivity contribution in [2.45, 2.75) is 6.92 Å². The van der Waals surface area contributed by atoms with E-state index in [0.717, 1.165) is 12.4 Å². The molecule has 3 rings (SSSR count). The fourth-order valence-electron chi connectivity index (χ4n) is 2.22. The highest BCUT2D eigenvalue weighted by atomic mass is 15.2. The van der Waals surface area contributed by atoms with Crippen molar-refractivity contribution in [3.8, 4) is 0 Å². The molecule has 0 amide bonds. The van der Waals surface area contributed by atoms with Gasteiger partial charge in [0.15, 0.2) is 0 Å². The molecule has 0 spiro atoms. The van der Waals surface area contributed by atoms with Gasteiger partial charge in [-0.05, 0) is 30.2 Å². The number of benzene rings is 1. The van der Waals surface area contributed by atoms with Crippen molar-refractivity contribution in [2.75, 3.05) is 11.4 Å². The number of aromatic nitrogens is 1. The summed E-state index contributed by atoms with van der Waals surface area (Å²) in [5.41, 5.74) is 3.69. The molecule has 1 aromatic carbocycles. The average molecular weight is 222 g/mol. The SMILES string of the molecule is Cc1cccnc1N1CC=Cc2ccccc21. The van der Waals surface area contributed by atoms with E-state index in [2.05, 4.69) is 59.3 Å². The van der Waals surface area contributed by atoms with Crippen LogP contribution in [-0.2, 0) is 0 Å². The third-order valence-electron chi connectivity index (χ3n) is 3.05. The number of rotatable bonds is 1. The van der Waals surface area contributed by atoms with E-state index in [4.69, 9.17) is 0 Å². The van der Waals surface area contributed by atoms with Crippen LogP contribution in [0.15, 0.2) is 48.7 Å². The van der Waals surface area contributed by atoms with Crippen LogP contribution >= 0.6 is 0 Å². The first-order valence-electron chi connectivity index (χ1n) is 5.81. The maximum Gasteiger partial charge on any atom is 0.136 e. The minimum absolute atomic E-state index is 0.884. The van der Waals surface area contributed by atoms with Crippen LogP contribution in [-0.4, -0.2) is 11.5 Å². The van der Waals surface area contributed by atoms with Gasteiger partial charge in [0.25, 0.3) is 0 Å². The Morgan fingerprint density at radius 1 is 1.12 bits per heavy atom. The standard InChI is InChI=1S/C15H14N2/c1-12-6-4-10-16-15(12)17-11-5-8-13-7-2-3-9-14(13)17/h2-10H,11H2,1H3. The molecule has 0 saturated heterocycles. The van der Waals surface area contributed by atoms with Gasteiger partial charge in [-0.15, -0.1) is 0 Å². The molecule has 0 radical (unpaired) electrons. The molecule has 0 atom stereocenters. The summed E-state index contributed by atoms with van der Waals surface area (Å²) in [6.45, 7) is 2.98. The van der Waals surface area contributed by atoms with Crippen molar-refractivity contribution in [1.29, 1.82) is 0 Å². The first-order valence-corrected chi connectivity index (χ1v) is 5.81. The van der Waals surface area contributed by atoms with Gasteiger partial charge in [-0.25, -0.2) is 4.98 Å². The lowest BCUT2D eigenvalue weighted by Gasteiger charge is -2.28. The van der Waals surface area contributed by atoms with E-state index in [1.54, 1.807) is 0 Å². The summed E-state index contributed by atoms with van der Waals surface area (Å²) >= 11 is 0. The Morgan fingerprint density at radius 2 is 2.00 bits per heavy atom. The molecular formula is C15H14N2. The molecule has 2 heterocycles. The van der Waals surface area contributed by atoms with Crippen LogP contribution in [0.3, 0.4) is 0 Å². The molecule has 0 bridgehead atoms. The predicted octanol–water partition coefficient (Wildman–Crippen LogP) is 3.55. The number of nitrogens with zero attached hydrogens (tertiary/aromatic N) is 2. The first kappa shape index (κ1) is 10.1. The third-order valence-corrected chi connectivity index (χ3v) is 3.05. The van der Waals surface area contributed by atoms with Gasteiger partial charge in [0.2, 0.25) is 0 Å². The van der Waals surface area contributed by atoms with Gasteiger partial charge in [-0.3, -0.25) is 0 Å².